The second-order valence-electron chi connectivity index (χ2n) is 6.29. The SMILES string of the molecule is COc1ccc(C)cc1NC(=O)Cc1n[nH]c(Cc2cccc(C)c2)n1. The van der Waals surface area contributed by atoms with Crippen LogP contribution in [0.15, 0.2) is 42.5 Å². The van der Waals surface area contributed by atoms with E-state index in [0.29, 0.717) is 23.7 Å². The lowest BCUT2D eigenvalue weighted by Gasteiger charge is -2.10. The van der Waals surface area contributed by atoms with Crippen LogP contribution < -0.4 is 10.1 Å². The van der Waals surface area contributed by atoms with Crippen LogP contribution in [-0.2, 0) is 17.6 Å². The van der Waals surface area contributed by atoms with E-state index in [-0.39, 0.29) is 12.3 Å². The Labute approximate surface area is 152 Å². The Morgan fingerprint density at radius 2 is 1.96 bits per heavy atom. The Morgan fingerprint density at radius 1 is 1.15 bits per heavy atom. The molecule has 0 aliphatic heterocycles. The highest BCUT2D eigenvalue weighted by molar-refractivity contribution is 5.93. The zero-order chi connectivity index (χ0) is 18.5. The fourth-order valence-corrected chi connectivity index (χ4v) is 2.77. The predicted molar refractivity (Wildman–Crippen MR) is 100 cm³/mol. The fraction of sp³-hybridized carbons (Fsp3) is 0.250. The van der Waals surface area contributed by atoms with Crippen LogP contribution in [-0.4, -0.2) is 28.2 Å². The van der Waals surface area contributed by atoms with E-state index in [0.717, 1.165) is 17.0 Å². The molecule has 0 saturated carbocycles. The molecule has 134 valence electrons. The molecule has 6 heteroatoms. The number of hydrogen-bond donors (Lipinski definition) is 2. The van der Waals surface area contributed by atoms with Crippen molar-refractivity contribution in [2.75, 3.05) is 12.4 Å². The van der Waals surface area contributed by atoms with E-state index in [9.17, 15) is 4.79 Å². The van der Waals surface area contributed by atoms with Gasteiger partial charge in [0.1, 0.15) is 11.6 Å². The summed E-state index contributed by atoms with van der Waals surface area (Å²) >= 11 is 0. The number of benzene rings is 2. The van der Waals surface area contributed by atoms with Crippen LogP contribution in [0.2, 0.25) is 0 Å². The summed E-state index contributed by atoms with van der Waals surface area (Å²) in [4.78, 5) is 16.7. The van der Waals surface area contributed by atoms with Gasteiger partial charge in [-0.15, -0.1) is 0 Å². The largest absolute Gasteiger partial charge is 0.495 e. The molecule has 0 fully saturated rings. The van der Waals surface area contributed by atoms with E-state index >= 15 is 0 Å². The van der Waals surface area contributed by atoms with Crippen molar-refractivity contribution >= 4 is 11.6 Å². The molecule has 0 radical (unpaired) electrons. The lowest BCUT2D eigenvalue weighted by Crippen LogP contribution is -2.16. The van der Waals surface area contributed by atoms with Gasteiger partial charge in [-0.3, -0.25) is 9.89 Å². The van der Waals surface area contributed by atoms with Gasteiger partial charge < -0.3 is 10.1 Å². The van der Waals surface area contributed by atoms with Crippen molar-refractivity contribution < 1.29 is 9.53 Å². The van der Waals surface area contributed by atoms with Crippen molar-refractivity contribution in [2.24, 2.45) is 0 Å². The number of nitrogens with one attached hydrogen (secondary N) is 2. The molecule has 1 amide bonds. The van der Waals surface area contributed by atoms with E-state index in [1.807, 2.05) is 37.3 Å². The summed E-state index contributed by atoms with van der Waals surface area (Å²) in [7, 11) is 1.58. The highest BCUT2D eigenvalue weighted by Crippen LogP contribution is 2.25. The fourth-order valence-electron chi connectivity index (χ4n) is 2.77. The van der Waals surface area contributed by atoms with Crippen LogP contribution in [0.25, 0.3) is 0 Å². The Kier molecular flexibility index (Phi) is 5.31. The third kappa shape index (κ3) is 4.47. The summed E-state index contributed by atoms with van der Waals surface area (Å²) in [5.74, 6) is 1.65. The minimum absolute atomic E-state index is 0.0986. The number of nitrogens with zero attached hydrogens (tertiary/aromatic N) is 2. The molecule has 2 aromatic carbocycles. The molecule has 1 aromatic heterocycles. The summed E-state index contributed by atoms with van der Waals surface area (Å²) in [6.07, 6.45) is 0.753. The van der Waals surface area contributed by atoms with E-state index in [2.05, 4.69) is 39.6 Å². The lowest BCUT2D eigenvalue weighted by molar-refractivity contribution is -0.115. The Hall–Kier alpha value is -3.15. The molecular weight excluding hydrogens is 328 g/mol. The minimum Gasteiger partial charge on any atom is -0.495 e. The summed E-state index contributed by atoms with van der Waals surface area (Å²) in [5, 5.41) is 9.92. The number of aromatic amines is 1. The molecule has 3 aromatic rings. The zero-order valence-corrected chi connectivity index (χ0v) is 15.2. The summed E-state index contributed by atoms with van der Waals surface area (Å²) in [6, 6.07) is 13.9. The number of anilines is 1. The second kappa shape index (κ2) is 7.82. The summed E-state index contributed by atoms with van der Waals surface area (Å²) < 4.78 is 5.28. The number of aryl methyl sites for hydroxylation is 2. The second-order valence-corrected chi connectivity index (χ2v) is 6.29. The van der Waals surface area contributed by atoms with Gasteiger partial charge >= 0.3 is 0 Å². The molecule has 0 unspecified atom stereocenters. The average Bonchev–Trinajstić information content (AvgIpc) is 3.01. The third-order valence-electron chi connectivity index (χ3n) is 3.98. The van der Waals surface area contributed by atoms with E-state index in [1.54, 1.807) is 7.11 Å². The predicted octanol–water partition coefficient (Wildman–Crippen LogP) is 3.20. The summed E-state index contributed by atoms with van der Waals surface area (Å²) in [5.41, 5.74) is 4.04. The minimum atomic E-state index is -0.185. The van der Waals surface area contributed by atoms with Crippen LogP contribution in [0.3, 0.4) is 0 Å². The molecule has 0 spiro atoms. The average molecular weight is 350 g/mol. The topological polar surface area (TPSA) is 79.9 Å². The van der Waals surface area contributed by atoms with Crippen LogP contribution in [0, 0.1) is 13.8 Å². The normalized spacial score (nSPS) is 10.6. The van der Waals surface area contributed by atoms with Gasteiger partial charge in [-0.05, 0) is 37.1 Å². The number of rotatable bonds is 6. The van der Waals surface area contributed by atoms with Crippen LogP contribution in [0.5, 0.6) is 5.75 Å². The van der Waals surface area contributed by atoms with Crippen LogP contribution in [0.4, 0.5) is 5.69 Å². The van der Waals surface area contributed by atoms with Crippen LogP contribution in [0.1, 0.15) is 28.3 Å². The molecule has 3 rings (SSSR count). The van der Waals surface area contributed by atoms with Gasteiger partial charge in [-0.2, -0.15) is 5.10 Å². The molecule has 6 nitrogen and oxygen atoms in total. The van der Waals surface area contributed by atoms with Crippen molar-refractivity contribution in [1.29, 1.82) is 0 Å². The third-order valence-corrected chi connectivity index (χ3v) is 3.98. The number of amides is 1. The summed E-state index contributed by atoms with van der Waals surface area (Å²) in [6.45, 7) is 4.02. The van der Waals surface area contributed by atoms with Gasteiger partial charge in [0.25, 0.3) is 0 Å². The van der Waals surface area contributed by atoms with Gasteiger partial charge in [0.2, 0.25) is 5.91 Å². The molecule has 1 heterocycles. The van der Waals surface area contributed by atoms with Gasteiger partial charge in [-0.1, -0.05) is 35.9 Å². The van der Waals surface area contributed by atoms with E-state index < -0.39 is 0 Å². The molecule has 26 heavy (non-hydrogen) atoms. The number of methoxy groups -OCH3 is 1. The molecule has 0 saturated heterocycles. The van der Waals surface area contributed by atoms with E-state index in [1.165, 1.54) is 5.56 Å². The quantitative estimate of drug-likeness (QED) is 0.715. The maximum absolute atomic E-state index is 12.3. The number of carbonyl (C=O) groups excluding carboxylic acids is 1. The van der Waals surface area contributed by atoms with Gasteiger partial charge in [0.05, 0.1) is 19.2 Å². The smallest absolute Gasteiger partial charge is 0.232 e. The molecule has 0 atom stereocenters. The first-order valence-corrected chi connectivity index (χ1v) is 8.43. The number of aromatic nitrogens is 3. The molecule has 2 N–H and O–H groups in total. The van der Waals surface area contributed by atoms with Crippen molar-refractivity contribution in [3.8, 4) is 5.75 Å². The maximum Gasteiger partial charge on any atom is 0.232 e. The first kappa shape index (κ1) is 17.7. The number of carbonyl (C=O) groups is 1. The number of H-pyrrole nitrogens is 1. The van der Waals surface area contributed by atoms with Crippen LogP contribution >= 0.6 is 0 Å². The molecule has 0 aliphatic carbocycles. The zero-order valence-electron chi connectivity index (χ0n) is 15.2. The first-order chi connectivity index (χ1) is 12.5. The standard InChI is InChI=1S/C20H22N4O2/c1-13-5-4-6-15(9-13)11-18-22-19(24-23-18)12-20(25)21-16-10-14(2)7-8-17(16)26-3/h4-10H,11-12H2,1-3H3,(H,21,25)(H,22,23,24). The highest BCUT2D eigenvalue weighted by Gasteiger charge is 2.12. The van der Waals surface area contributed by atoms with Crippen molar-refractivity contribution in [3.63, 3.8) is 0 Å². The highest BCUT2D eigenvalue weighted by atomic mass is 16.5. The maximum atomic E-state index is 12.3. The monoisotopic (exact) mass is 350 g/mol. The van der Waals surface area contributed by atoms with Gasteiger partial charge in [0.15, 0.2) is 5.82 Å². The number of ether oxygens (including phenoxy) is 1. The van der Waals surface area contributed by atoms with Gasteiger partial charge in [0, 0.05) is 6.42 Å². The lowest BCUT2D eigenvalue weighted by atomic mass is 10.1. The van der Waals surface area contributed by atoms with E-state index in [4.69, 9.17) is 4.74 Å². The molecular formula is C20H22N4O2. The van der Waals surface area contributed by atoms with Crippen molar-refractivity contribution in [3.05, 3.63) is 70.8 Å². The Balaban J connectivity index is 1.64. The Bertz CT molecular complexity index is 918. The molecule has 0 bridgehead atoms. The van der Waals surface area contributed by atoms with Gasteiger partial charge in [-0.25, -0.2) is 4.98 Å². The molecule has 0 aliphatic rings. The Morgan fingerprint density at radius 3 is 2.73 bits per heavy atom. The van der Waals surface area contributed by atoms with Crippen molar-refractivity contribution in [1.82, 2.24) is 15.2 Å². The first-order valence-electron chi connectivity index (χ1n) is 8.43. The number of hydrogen-bond acceptors (Lipinski definition) is 4. The van der Waals surface area contributed by atoms with Crippen molar-refractivity contribution in [2.45, 2.75) is 26.7 Å².